The smallest absolute Gasteiger partial charge is 0.133 e. The third-order valence-corrected chi connectivity index (χ3v) is 4.23. The highest BCUT2D eigenvalue weighted by Crippen LogP contribution is 2.25. The molecule has 0 aliphatic rings. The summed E-state index contributed by atoms with van der Waals surface area (Å²) in [5.41, 5.74) is 5.97. The summed E-state index contributed by atoms with van der Waals surface area (Å²) in [5.74, 6) is 0.838. The molecule has 3 heteroatoms. The van der Waals surface area contributed by atoms with Crippen LogP contribution < -0.4 is 0 Å². The van der Waals surface area contributed by atoms with Crippen molar-refractivity contribution >= 4 is 0 Å². The van der Waals surface area contributed by atoms with Gasteiger partial charge in [-0.2, -0.15) is 0 Å². The van der Waals surface area contributed by atoms with Gasteiger partial charge in [-0.3, -0.25) is 4.98 Å². The minimum absolute atomic E-state index is 0.140. The Morgan fingerprint density at radius 3 is 2.54 bits per heavy atom. The van der Waals surface area contributed by atoms with Crippen LogP contribution in [-0.2, 0) is 11.8 Å². The maximum Gasteiger partial charge on any atom is 0.133 e. The molecule has 0 spiro atoms. The Labute approximate surface area is 143 Å². The first-order chi connectivity index (χ1) is 11.4. The summed E-state index contributed by atoms with van der Waals surface area (Å²) in [6.07, 6.45) is 6.17. The molecule has 0 aliphatic carbocycles. The average molecular weight is 317 g/mol. The van der Waals surface area contributed by atoms with Gasteiger partial charge in [0.25, 0.3) is 0 Å². The van der Waals surface area contributed by atoms with Crippen LogP contribution in [0.15, 0.2) is 55.0 Å². The van der Waals surface area contributed by atoms with Gasteiger partial charge in [-0.05, 0) is 47.2 Å². The Morgan fingerprint density at radius 1 is 1.00 bits per heavy atom. The molecule has 0 atom stereocenters. The van der Waals surface area contributed by atoms with Crippen molar-refractivity contribution < 1.29 is 0 Å². The summed E-state index contributed by atoms with van der Waals surface area (Å²) < 4.78 is 0. The predicted octanol–water partition coefficient (Wildman–Crippen LogP) is 4.74. The number of nitrogens with zero attached hydrogens (tertiary/aromatic N) is 3. The van der Waals surface area contributed by atoms with Crippen molar-refractivity contribution in [2.75, 3.05) is 0 Å². The standard InChI is InChI=1S/C21H23N3/c1-15-7-8-18(21(2,3)4)12-17(15)13-20-23-11-9-19(24-20)16-6-5-10-22-14-16/h5-12,14H,13H2,1-4H3. The summed E-state index contributed by atoms with van der Waals surface area (Å²) in [7, 11) is 0. The van der Waals surface area contributed by atoms with E-state index in [1.807, 2.05) is 30.6 Å². The molecule has 2 aromatic heterocycles. The van der Waals surface area contributed by atoms with Crippen molar-refractivity contribution in [1.82, 2.24) is 15.0 Å². The van der Waals surface area contributed by atoms with Crippen LogP contribution in [0, 0.1) is 6.92 Å². The molecule has 0 aliphatic heterocycles. The van der Waals surface area contributed by atoms with Crippen molar-refractivity contribution in [3.05, 3.63) is 77.5 Å². The van der Waals surface area contributed by atoms with Gasteiger partial charge in [-0.25, -0.2) is 9.97 Å². The van der Waals surface area contributed by atoms with E-state index in [1.54, 1.807) is 6.20 Å². The quantitative estimate of drug-likeness (QED) is 0.700. The summed E-state index contributed by atoms with van der Waals surface area (Å²) in [6, 6.07) is 12.6. The van der Waals surface area contributed by atoms with Gasteiger partial charge in [0.05, 0.1) is 5.69 Å². The highest BCUT2D eigenvalue weighted by Gasteiger charge is 2.15. The van der Waals surface area contributed by atoms with Crippen LogP contribution in [0.3, 0.4) is 0 Å². The van der Waals surface area contributed by atoms with E-state index < -0.39 is 0 Å². The minimum atomic E-state index is 0.140. The topological polar surface area (TPSA) is 38.7 Å². The van der Waals surface area contributed by atoms with Crippen LogP contribution >= 0.6 is 0 Å². The van der Waals surface area contributed by atoms with E-state index in [-0.39, 0.29) is 5.41 Å². The lowest BCUT2D eigenvalue weighted by Gasteiger charge is -2.20. The molecule has 3 rings (SSSR count). The van der Waals surface area contributed by atoms with Gasteiger partial charge < -0.3 is 0 Å². The molecule has 24 heavy (non-hydrogen) atoms. The van der Waals surface area contributed by atoms with Gasteiger partial charge in [0.15, 0.2) is 0 Å². The second-order valence-electron chi connectivity index (χ2n) is 7.17. The number of aromatic nitrogens is 3. The monoisotopic (exact) mass is 317 g/mol. The van der Waals surface area contributed by atoms with Gasteiger partial charge in [-0.1, -0.05) is 39.0 Å². The zero-order valence-electron chi connectivity index (χ0n) is 14.7. The van der Waals surface area contributed by atoms with Crippen LogP contribution in [0.2, 0.25) is 0 Å². The molecule has 0 saturated carbocycles. The number of pyridine rings is 1. The first kappa shape index (κ1) is 16.3. The van der Waals surface area contributed by atoms with E-state index in [0.717, 1.165) is 23.5 Å². The number of benzene rings is 1. The van der Waals surface area contributed by atoms with E-state index >= 15 is 0 Å². The van der Waals surface area contributed by atoms with E-state index in [9.17, 15) is 0 Å². The molecular weight excluding hydrogens is 294 g/mol. The normalized spacial score (nSPS) is 11.5. The largest absolute Gasteiger partial charge is 0.264 e. The highest BCUT2D eigenvalue weighted by atomic mass is 14.9. The molecule has 1 aromatic carbocycles. The zero-order chi connectivity index (χ0) is 17.2. The van der Waals surface area contributed by atoms with Crippen molar-refractivity contribution in [2.45, 2.75) is 39.5 Å². The third-order valence-electron chi connectivity index (χ3n) is 4.23. The van der Waals surface area contributed by atoms with Gasteiger partial charge in [0.1, 0.15) is 5.82 Å². The van der Waals surface area contributed by atoms with Crippen LogP contribution in [-0.4, -0.2) is 15.0 Å². The molecule has 122 valence electrons. The molecule has 2 heterocycles. The lowest BCUT2D eigenvalue weighted by Crippen LogP contribution is -2.12. The van der Waals surface area contributed by atoms with Crippen molar-refractivity contribution in [3.63, 3.8) is 0 Å². The molecule has 3 nitrogen and oxygen atoms in total. The molecule has 0 saturated heterocycles. The van der Waals surface area contributed by atoms with Crippen LogP contribution in [0.25, 0.3) is 11.3 Å². The highest BCUT2D eigenvalue weighted by molar-refractivity contribution is 5.57. The van der Waals surface area contributed by atoms with E-state index in [1.165, 1.54) is 16.7 Å². The number of hydrogen-bond acceptors (Lipinski definition) is 3. The number of rotatable bonds is 3. The summed E-state index contributed by atoms with van der Waals surface area (Å²) in [4.78, 5) is 13.3. The SMILES string of the molecule is Cc1ccc(C(C)(C)C)cc1Cc1nccc(-c2cccnc2)n1. The fourth-order valence-electron chi connectivity index (χ4n) is 2.66. The van der Waals surface area contributed by atoms with Crippen molar-refractivity contribution in [3.8, 4) is 11.3 Å². The van der Waals surface area contributed by atoms with Crippen LogP contribution in [0.1, 0.15) is 43.3 Å². The summed E-state index contributed by atoms with van der Waals surface area (Å²) in [6.45, 7) is 8.86. The molecular formula is C21H23N3. The Morgan fingerprint density at radius 2 is 1.83 bits per heavy atom. The molecule has 0 radical (unpaired) electrons. The molecule has 0 fully saturated rings. The maximum atomic E-state index is 4.72. The Hall–Kier alpha value is -2.55. The second kappa shape index (κ2) is 6.52. The fourth-order valence-corrected chi connectivity index (χ4v) is 2.66. The third kappa shape index (κ3) is 3.67. The van der Waals surface area contributed by atoms with E-state index in [0.29, 0.717) is 0 Å². The van der Waals surface area contributed by atoms with Crippen LogP contribution in [0.5, 0.6) is 0 Å². The van der Waals surface area contributed by atoms with Gasteiger partial charge in [-0.15, -0.1) is 0 Å². The second-order valence-corrected chi connectivity index (χ2v) is 7.17. The first-order valence-electron chi connectivity index (χ1n) is 8.26. The Kier molecular flexibility index (Phi) is 4.43. The van der Waals surface area contributed by atoms with Crippen molar-refractivity contribution in [2.24, 2.45) is 0 Å². The maximum absolute atomic E-state index is 4.72. The molecule has 3 aromatic rings. The predicted molar refractivity (Wildman–Crippen MR) is 97.9 cm³/mol. The van der Waals surface area contributed by atoms with Crippen LogP contribution in [0.4, 0.5) is 0 Å². The average Bonchev–Trinajstić information content (AvgIpc) is 2.57. The molecule has 0 amide bonds. The van der Waals surface area contributed by atoms with E-state index in [4.69, 9.17) is 4.98 Å². The van der Waals surface area contributed by atoms with Crippen molar-refractivity contribution in [1.29, 1.82) is 0 Å². The fraction of sp³-hybridized carbons (Fsp3) is 0.286. The minimum Gasteiger partial charge on any atom is -0.264 e. The Balaban J connectivity index is 1.92. The van der Waals surface area contributed by atoms with E-state index in [2.05, 4.69) is 55.9 Å². The molecule has 0 unspecified atom stereocenters. The number of aryl methyl sites for hydroxylation is 1. The summed E-state index contributed by atoms with van der Waals surface area (Å²) in [5, 5.41) is 0. The zero-order valence-corrected chi connectivity index (χ0v) is 14.7. The Bertz CT molecular complexity index is 833. The first-order valence-corrected chi connectivity index (χ1v) is 8.26. The van der Waals surface area contributed by atoms with Gasteiger partial charge in [0.2, 0.25) is 0 Å². The van der Waals surface area contributed by atoms with Gasteiger partial charge >= 0.3 is 0 Å². The lowest BCUT2D eigenvalue weighted by atomic mass is 9.85. The lowest BCUT2D eigenvalue weighted by molar-refractivity contribution is 0.589. The molecule has 0 N–H and O–H groups in total. The molecule has 0 bridgehead atoms. The summed E-state index contributed by atoms with van der Waals surface area (Å²) >= 11 is 0. The number of hydrogen-bond donors (Lipinski definition) is 0. The van der Waals surface area contributed by atoms with Gasteiger partial charge in [0, 0.05) is 30.6 Å².